The van der Waals surface area contributed by atoms with Crippen molar-refractivity contribution in [3.63, 3.8) is 0 Å². The highest BCUT2D eigenvalue weighted by Gasteiger charge is 2.26. The first-order valence-corrected chi connectivity index (χ1v) is 14.1. The molecule has 0 atom stereocenters. The minimum atomic E-state index is -0.389. The van der Waals surface area contributed by atoms with E-state index >= 15 is 0 Å². The molecule has 36 heavy (non-hydrogen) atoms. The van der Waals surface area contributed by atoms with Gasteiger partial charge in [-0.15, -0.1) is 21.5 Å². The molecule has 1 aromatic carbocycles. The number of rotatable bonds is 9. The molecule has 0 saturated heterocycles. The van der Waals surface area contributed by atoms with Gasteiger partial charge in [-0.25, -0.2) is 4.79 Å². The second kappa shape index (κ2) is 12.4. The number of aryl methyl sites for hydroxylation is 2. The van der Waals surface area contributed by atoms with Crippen LogP contribution in [0.15, 0.2) is 29.4 Å². The maximum Gasteiger partial charge on any atom is 0.341 e. The first-order chi connectivity index (χ1) is 17.5. The Bertz CT molecular complexity index is 1200. The predicted octanol–water partition coefficient (Wildman–Crippen LogP) is 5.42. The van der Waals surface area contributed by atoms with Gasteiger partial charge in [-0.2, -0.15) is 0 Å². The molecular formula is C26H32N4O4S2. The standard InChI is InChI=1S/C26H32N4O4S2/c1-4-30-21(15-34-18-13-11-17(2)12-14-18)28-29-26(30)35-16-22(31)27-24-23(25(32)33-3)19-9-7-5-6-8-10-20(19)36-24/h11-14H,4-10,15-16H2,1-3H3,(H,27,31). The van der Waals surface area contributed by atoms with Gasteiger partial charge in [-0.3, -0.25) is 4.79 Å². The maximum absolute atomic E-state index is 12.9. The molecule has 0 bridgehead atoms. The molecule has 0 aliphatic heterocycles. The number of fused-ring (bicyclic) bond motifs is 1. The van der Waals surface area contributed by atoms with E-state index in [4.69, 9.17) is 9.47 Å². The highest BCUT2D eigenvalue weighted by Crippen LogP contribution is 2.37. The summed E-state index contributed by atoms with van der Waals surface area (Å²) in [6.07, 6.45) is 6.26. The number of hydrogen-bond donors (Lipinski definition) is 1. The Balaban J connectivity index is 1.41. The Morgan fingerprint density at radius 2 is 1.86 bits per heavy atom. The molecule has 8 nitrogen and oxygen atoms in total. The summed E-state index contributed by atoms with van der Waals surface area (Å²) in [4.78, 5) is 26.7. The lowest BCUT2D eigenvalue weighted by atomic mass is 9.96. The number of aromatic nitrogens is 3. The molecule has 192 valence electrons. The van der Waals surface area contributed by atoms with Gasteiger partial charge >= 0.3 is 5.97 Å². The Morgan fingerprint density at radius 3 is 2.58 bits per heavy atom. The van der Waals surface area contributed by atoms with E-state index in [9.17, 15) is 9.59 Å². The summed E-state index contributed by atoms with van der Waals surface area (Å²) >= 11 is 2.82. The fourth-order valence-corrected chi connectivity index (χ4v) is 6.37. The van der Waals surface area contributed by atoms with E-state index in [1.807, 2.05) is 42.7 Å². The van der Waals surface area contributed by atoms with Gasteiger partial charge in [0.05, 0.1) is 18.4 Å². The summed E-state index contributed by atoms with van der Waals surface area (Å²) < 4.78 is 12.9. The molecule has 0 spiro atoms. The van der Waals surface area contributed by atoms with E-state index in [1.54, 1.807) is 0 Å². The van der Waals surface area contributed by atoms with Crippen molar-refractivity contribution in [2.45, 2.75) is 70.7 Å². The van der Waals surface area contributed by atoms with Crippen molar-refractivity contribution in [2.75, 3.05) is 18.2 Å². The molecule has 0 radical (unpaired) electrons. The van der Waals surface area contributed by atoms with Crippen molar-refractivity contribution in [1.29, 1.82) is 0 Å². The van der Waals surface area contributed by atoms with Gasteiger partial charge in [0.25, 0.3) is 0 Å². The molecule has 1 aliphatic rings. The molecule has 3 aromatic rings. The summed E-state index contributed by atoms with van der Waals surface area (Å²) in [7, 11) is 1.38. The van der Waals surface area contributed by atoms with E-state index in [1.165, 1.54) is 47.1 Å². The first kappa shape index (κ1) is 26.2. The van der Waals surface area contributed by atoms with E-state index in [0.29, 0.717) is 34.7 Å². The number of anilines is 1. The van der Waals surface area contributed by atoms with Gasteiger partial charge in [0, 0.05) is 11.4 Å². The minimum absolute atomic E-state index is 0.153. The van der Waals surface area contributed by atoms with Crippen molar-refractivity contribution in [2.24, 2.45) is 0 Å². The lowest BCUT2D eigenvalue weighted by Gasteiger charge is -2.11. The number of methoxy groups -OCH3 is 1. The molecule has 0 fully saturated rings. The van der Waals surface area contributed by atoms with Crippen LogP contribution in [0.2, 0.25) is 0 Å². The zero-order valence-electron chi connectivity index (χ0n) is 21.0. The fourth-order valence-electron chi connectivity index (χ4n) is 4.25. The van der Waals surface area contributed by atoms with Gasteiger partial charge in [0.15, 0.2) is 11.0 Å². The number of thioether (sulfide) groups is 1. The number of benzene rings is 1. The second-order valence-electron chi connectivity index (χ2n) is 8.70. The molecule has 2 aromatic heterocycles. The Labute approximate surface area is 219 Å². The molecule has 0 saturated carbocycles. The average Bonchev–Trinajstić information content (AvgIpc) is 3.41. The largest absolute Gasteiger partial charge is 0.486 e. The zero-order valence-corrected chi connectivity index (χ0v) is 22.6. The second-order valence-corrected chi connectivity index (χ2v) is 10.7. The molecule has 1 N–H and O–H groups in total. The van der Waals surface area contributed by atoms with Crippen molar-refractivity contribution in [3.8, 4) is 5.75 Å². The third-order valence-corrected chi connectivity index (χ3v) is 8.32. The van der Waals surface area contributed by atoms with Crippen molar-refractivity contribution in [1.82, 2.24) is 14.8 Å². The maximum atomic E-state index is 12.9. The van der Waals surface area contributed by atoms with Crippen molar-refractivity contribution < 1.29 is 19.1 Å². The van der Waals surface area contributed by atoms with Crippen LogP contribution < -0.4 is 10.1 Å². The number of nitrogens with one attached hydrogen (secondary N) is 1. The molecule has 1 amide bonds. The number of thiophene rings is 1. The van der Waals surface area contributed by atoms with Crippen LogP contribution in [-0.2, 0) is 35.5 Å². The van der Waals surface area contributed by atoms with E-state index in [-0.39, 0.29) is 17.6 Å². The van der Waals surface area contributed by atoms with Crippen molar-refractivity contribution in [3.05, 3.63) is 51.7 Å². The smallest absolute Gasteiger partial charge is 0.341 e. The van der Waals surface area contributed by atoms with Gasteiger partial charge in [0.2, 0.25) is 5.91 Å². The molecule has 2 heterocycles. The fraction of sp³-hybridized carbons (Fsp3) is 0.462. The summed E-state index contributed by atoms with van der Waals surface area (Å²) in [5, 5.41) is 12.7. The third kappa shape index (κ3) is 6.28. The normalized spacial score (nSPS) is 13.4. The Kier molecular flexibility index (Phi) is 9.03. The number of carbonyl (C=O) groups is 2. The summed E-state index contributed by atoms with van der Waals surface area (Å²) in [6.45, 7) is 4.99. The number of nitrogens with zero attached hydrogens (tertiary/aromatic N) is 3. The van der Waals surface area contributed by atoms with E-state index in [2.05, 4.69) is 15.5 Å². The topological polar surface area (TPSA) is 95.3 Å². The minimum Gasteiger partial charge on any atom is -0.486 e. The SMILES string of the molecule is CCn1c(COc2ccc(C)cc2)nnc1SCC(=O)Nc1sc2c(c1C(=O)OC)CCCCCC2. The van der Waals surface area contributed by atoms with Crippen molar-refractivity contribution >= 4 is 40.0 Å². The van der Waals surface area contributed by atoms with Crippen LogP contribution in [0.4, 0.5) is 5.00 Å². The quantitative estimate of drug-likeness (QED) is 0.293. The lowest BCUT2D eigenvalue weighted by molar-refractivity contribution is -0.113. The molecule has 1 aliphatic carbocycles. The highest BCUT2D eigenvalue weighted by atomic mass is 32.2. The van der Waals surface area contributed by atoms with Crippen LogP contribution >= 0.6 is 23.1 Å². The average molecular weight is 529 g/mol. The van der Waals surface area contributed by atoms with Crippen LogP contribution in [-0.4, -0.2) is 39.5 Å². The van der Waals surface area contributed by atoms with Crippen LogP contribution in [0.5, 0.6) is 5.75 Å². The molecule has 4 rings (SSSR count). The number of esters is 1. The molecule has 0 unspecified atom stereocenters. The van der Waals surface area contributed by atoms with Gasteiger partial charge in [-0.1, -0.05) is 42.3 Å². The summed E-state index contributed by atoms with van der Waals surface area (Å²) in [5.41, 5.74) is 2.73. The lowest BCUT2D eigenvalue weighted by Crippen LogP contribution is -2.17. The van der Waals surface area contributed by atoms with Crippen LogP contribution in [0, 0.1) is 6.92 Å². The molecular weight excluding hydrogens is 496 g/mol. The highest BCUT2D eigenvalue weighted by molar-refractivity contribution is 7.99. The number of amides is 1. The third-order valence-electron chi connectivity index (χ3n) is 6.14. The molecule has 10 heteroatoms. The van der Waals surface area contributed by atoms with E-state index < -0.39 is 0 Å². The van der Waals surface area contributed by atoms with Crippen LogP contribution in [0.25, 0.3) is 0 Å². The number of hydrogen-bond acceptors (Lipinski definition) is 8. The number of carbonyl (C=O) groups excluding carboxylic acids is 2. The predicted molar refractivity (Wildman–Crippen MR) is 142 cm³/mol. The Hall–Kier alpha value is -2.85. The van der Waals surface area contributed by atoms with Crippen LogP contribution in [0.1, 0.15) is 64.8 Å². The van der Waals surface area contributed by atoms with Crippen LogP contribution in [0.3, 0.4) is 0 Å². The van der Waals surface area contributed by atoms with Gasteiger partial charge in [0.1, 0.15) is 17.4 Å². The Morgan fingerprint density at radius 1 is 1.11 bits per heavy atom. The summed E-state index contributed by atoms with van der Waals surface area (Å²) in [5.74, 6) is 1.04. The monoisotopic (exact) mass is 528 g/mol. The van der Waals surface area contributed by atoms with E-state index in [0.717, 1.165) is 43.4 Å². The first-order valence-electron chi connectivity index (χ1n) is 12.3. The zero-order chi connectivity index (χ0) is 25.5. The van der Waals surface area contributed by atoms with Gasteiger partial charge in [-0.05, 0) is 57.2 Å². The number of ether oxygens (including phenoxy) is 2. The van der Waals surface area contributed by atoms with Gasteiger partial charge < -0.3 is 19.4 Å². The summed E-state index contributed by atoms with van der Waals surface area (Å²) in [6, 6.07) is 7.85.